The normalized spacial score (nSPS) is 16.0. The maximum atomic E-state index is 2.56. The van der Waals surface area contributed by atoms with Gasteiger partial charge in [0.25, 0.3) is 0 Å². The van der Waals surface area contributed by atoms with Crippen LogP contribution in [0.3, 0.4) is 0 Å². The van der Waals surface area contributed by atoms with Crippen molar-refractivity contribution >= 4 is 21.9 Å². The van der Waals surface area contributed by atoms with Gasteiger partial charge in [-0.05, 0) is 107 Å². The summed E-state index contributed by atoms with van der Waals surface area (Å²) in [5, 5.41) is 2.55. The second-order valence-corrected chi connectivity index (χ2v) is 14.8. The quantitative estimate of drug-likeness (QED) is 0.175. The van der Waals surface area contributed by atoms with Crippen molar-refractivity contribution < 1.29 is 0 Å². The Balaban J connectivity index is 1.08. The molecule has 0 heteroatoms. The van der Waals surface area contributed by atoms with E-state index in [9.17, 15) is 0 Å². The Hall–Kier alpha value is -6.50. The minimum absolute atomic E-state index is 0.211. The summed E-state index contributed by atoms with van der Waals surface area (Å²) in [6.07, 6.45) is 5.90. The third-order valence-electron chi connectivity index (χ3n) is 12.0. The fraction of sp³-hybridized carbons (Fsp3) is 0.0566. The van der Waals surface area contributed by atoms with Crippen LogP contribution in [0.1, 0.15) is 51.3 Å². The predicted octanol–water partition coefficient (Wildman–Crippen LogP) is 13.5. The molecule has 3 aliphatic carbocycles. The summed E-state index contributed by atoms with van der Waals surface area (Å²) in [6.45, 7) is 0. The zero-order valence-electron chi connectivity index (χ0n) is 29.3. The smallest absolute Gasteiger partial charge is 0.0688 e. The summed E-state index contributed by atoms with van der Waals surface area (Å²) >= 11 is 0. The standard InChI is InChI=1S/C53H36/c1-2-12-35(13-3-1)37-22-24-38(25-23-37)42-31-43(40-27-26-36-14-4-5-15-39(36)30-40)33-44(32-42)41-28-29-48-47-18-8-11-21-51(47)53(52(48)34-41)49-19-9-6-16-45(49)46-17-7-10-20-50(46)53/h1-32,34,44H,33H2. The van der Waals surface area contributed by atoms with Crippen LogP contribution in [-0.4, -0.2) is 0 Å². The molecule has 53 heavy (non-hydrogen) atoms. The second-order valence-electron chi connectivity index (χ2n) is 14.8. The first-order valence-corrected chi connectivity index (χ1v) is 18.8. The van der Waals surface area contributed by atoms with Gasteiger partial charge in [0.1, 0.15) is 0 Å². The highest BCUT2D eigenvalue weighted by Gasteiger charge is 2.51. The molecule has 0 bridgehead atoms. The lowest BCUT2D eigenvalue weighted by molar-refractivity contribution is 0.785. The Bertz CT molecular complexity index is 2730. The Morgan fingerprint density at radius 3 is 1.58 bits per heavy atom. The first-order valence-electron chi connectivity index (χ1n) is 18.8. The fourth-order valence-electron chi connectivity index (χ4n) is 9.62. The molecule has 1 atom stereocenters. The van der Waals surface area contributed by atoms with Gasteiger partial charge in [-0.25, -0.2) is 0 Å². The van der Waals surface area contributed by atoms with Gasteiger partial charge in [0, 0.05) is 5.92 Å². The van der Waals surface area contributed by atoms with E-state index in [1.54, 1.807) is 0 Å². The topological polar surface area (TPSA) is 0 Å². The van der Waals surface area contributed by atoms with Crippen molar-refractivity contribution in [3.8, 4) is 33.4 Å². The number of rotatable bonds is 4. The van der Waals surface area contributed by atoms with Gasteiger partial charge < -0.3 is 0 Å². The average Bonchev–Trinajstić information content (AvgIpc) is 3.71. The zero-order chi connectivity index (χ0) is 34.9. The minimum atomic E-state index is -0.347. The van der Waals surface area contributed by atoms with E-state index >= 15 is 0 Å². The Labute approximate surface area is 311 Å². The fourth-order valence-corrected chi connectivity index (χ4v) is 9.62. The van der Waals surface area contributed by atoms with Gasteiger partial charge in [0.15, 0.2) is 0 Å². The van der Waals surface area contributed by atoms with Gasteiger partial charge in [-0.15, -0.1) is 0 Å². The van der Waals surface area contributed by atoms with Crippen LogP contribution >= 0.6 is 0 Å². The van der Waals surface area contributed by atoms with Crippen LogP contribution < -0.4 is 0 Å². The maximum Gasteiger partial charge on any atom is 0.0725 e. The van der Waals surface area contributed by atoms with E-state index in [4.69, 9.17) is 0 Å². The molecule has 1 unspecified atom stereocenters. The van der Waals surface area contributed by atoms with Crippen molar-refractivity contribution in [2.24, 2.45) is 0 Å². The molecule has 0 aliphatic heterocycles. The molecule has 0 amide bonds. The monoisotopic (exact) mass is 672 g/mol. The molecule has 11 rings (SSSR count). The Morgan fingerprint density at radius 2 is 0.906 bits per heavy atom. The molecule has 248 valence electrons. The van der Waals surface area contributed by atoms with E-state index in [1.165, 1.54) is 94.2 Å². The van der Waals surface area contributed by atoms with E-state index in [0.29, 0.717) is 0 Å². The summed E-state index contributed by atoms with van der Waals surface area (Å²) in [4.78, 5) is 0. The molecule has 0 nitrogen and oxygen atoms in total. The van der Waals surface area contributed by atoms with Crippen LogP contribution in [0, 0.1) is 0 Å². The van der Waals surface area contributed by atoms with Crippen molar-refractivity contribution in [2.75, 3.05) is 0 Å². The van der Waals surface area contributed by atoms with Gasteiger partial charge in [-0.3, -0.25) is 0 Å². The van der Waals surface area contributed by atoms with Gasteiger partial charge in [-0.1, -0.05) is 194 Å². The number of hydrogen-bond donors (Lipinski definition) is 0. The maximum absolute atomic E-state index is 2.56. The lowest BCUT2D eigenvalue weighted by Gasteiger charge is -2.31. The molecular weight excluding hydrogens is 637 g/mol. The highest BCUT2D eigenvalue weighted by atomic mass is 14.5. The highest BCUT2D eigenvalue weighted by molar-refractivity contribution is 5.96. The molecule has 8 aromatic rings. The molecule has 0 saturated carbocycles. The van der Waals surface area contributed by atoms with Gasteiger partial charge in [0.2, 0.25) is 0 Å². The molecule has 0 radical (unpaired) electrons. The minimum Gasteiger partial charge on any atom is -0.0688 e. The van der Waals surface area contributed by atoms with E-state index < -0.39 is 0 Å². The number of hydrogen-bond acceptors (Lipinski definition) is 0. The number of fused-ring (bicyclic) bond motifs is 11. The zero-order valence-corrected chi connectivity index (χ0v) is 29.3. The van der Waals surface area contributed by atoms with Crippen molar-refractivity contribution in [1.29, 1.82) is 0 Å². The van der Waals surface area contributed by atoms with Gasteiger partial charge in [0.05, 0.1) is 5.41 Å². The number of allylic oxidation sites excluding steroid dienone is 4. The average molecular weight is 673 g/mol. The van der Waals surface area contributed by atoms with E-state index in [-0.39, 0.29) is 11.3 Å². The van der Waals surface area contributed by atoms with E-state index in [2.05, 4.69) is 200 Å². The summed E-state index contributed by atoms with van der Waals surface area (Å²) < 4.78 is 0. The van der Waals surface area contributed by atoms with Crippen LogP contribution in [0.2, 0.25) is 0 Å². The first kappa shape index (κ1) is 30.2. The molecule has 0 heterocycles. The van der Waals surface area contributed by atoms with Crippen molar-refractivity contribution in [2.45, 2.75) is 17.8 Å². The van der Waals surface area contributed by atoms with Crippen molar-refractivity contribution in [3.05, 3.63) is 239 Å². The van der Waals surface area contributed by atoms with Crippen LogP contribution in [0.25, 0.3) is 55.3 Å². The second kappa shape index (κ2) is 11.8. The lowest BCUT2D eigenvalue weighted by atomic mass is 9.70. The van der Waals surface area contributed by atoms with Gasteiger partial charge >= 0.3 is 0 Å². The SMILES string of the molecule is C1=C(c2ccc(-c3ccccc3)cc2)C=C(c2ccc3ccccc3c2)CC1c1ccc2c(c1)C1(c3ccccc3-c3ccccc31)c1ccccc1-2. The molecule has 1 spiro atoms. The molecule has 0 aromatic heterocycles. The van der Waals surface area contributed by atoms with Crippen LogP contribution in [-0.2, 0) is 5.41 Å². The highest BCUT2D eigenvalue weighted by Crippen LogP contribution is 2.63. The lowest BCUT2D eigenvalue weighted by Crippen LogP contribution is -2.26. The molecule has 0 N–H and O–H groups in total. The summed E-state index contributed by atoms with van der Waals surface area (Å²) in [6, 6.07) is 70.1. The number of benzene rings is 8. The van der Waals surface area contributed by atoms with Crippen LogP contribution in [0.15, 0.2) is 200 Å². The molecule has 0 saturated heterocycles. The van der Waals surface area contributed by atoms with Crippen LogP contribution in [0.5, 0.6) is 0 Å². The summed E-state index contributed by atoms with van der Waals surface area (Å²) in [7, 11) is 0. The first-order chi connectivity index (χ1) is 26.3. The van der Waals surface area contributed by atoms with E-state index in [0.717, 1.165) is 6.42 Å². The summed E-state index contributed by atoms with van der Waals surface area (Å²) in [5.74, 6) is 0.211. The van der Waals surface area contributed by atoms with Crippen molar-refractivity contribution in [1.82, 2.24) is 0 Å². The van der Waals surface area contributed by atoms with Gasteiger partial charge in [-0.2, -0.15) is 0 Å². The Morgan fingerprint density at radius 1 is 0.377 bits per heavy atom. The third kappa shape index (κ3) is 4.55. The van der Waals surface area contributed by atoms with Crippen molar-refractivity contribution in [3.63, 3.8) is 0 Å². The molecule has 8 aromatic carbocycles. The molecule has 0 fully saturated rings. The van der Waals surface area contributed by atoms with Crippen LogP contribution in [0.4, 0.5) is 0 Å². The van der Waals surface area contributed by atoms with E-state index in [1.807, 2.05) is 0 Å². The molecule has 3 aliphatic rings. The summed E-state index contributed by atoms with van der Waals surface area (Å²) in [5.41, 5.74) is 19.6. The Kier molecular flexibility index (Phi) is 6.70. The third-order valence-corrected chi connectivity index (χ3v) is 12.0. The predicted molar refractivity (Wildman–Crippen MR) is 222 cm³/mol. The largest absolute Gasteiger partial charge is 0.0725 e. The molecular formula is C53H36.